The second-order valence-electron chi connectivity index (χ2n) is 4.78. The lowest BCUT2D eigenvalue weighted by atomic mass is 9.95. The van der Waals surface area contributed by atoms with E-state index in [1.165, 1.54) is 0 Å². The van der Waals surface area contributed by atoms with Crippen LogP contribution < -0.4 is 10.5 Å². The first-order chi connectivity index (χ1) is 7.37. The maximum atomic E-state index is 6.22. The Balaban J connectivity index is 3.10. The van der Waals surface area contributed by atoms with Crippen molar-refractivity contribution in [3.63, 3.8) is 0 Å². The van der Waals surface area contributed by atoms with Crippen molar-refractivity contribution in [1.29, 1.82) is 0 Å². The fourth-order valence-corrected chi connectivity index (χ4v) is 2.19. The van der Waals surface area contributed by atoms with Crippen molar-refractivity contribution in [2.75, 3.05) is 7.11 Å². The quantitative estimate of drug-likeness (QED) is 0.879. The number of rotatable bonds is 4. The van der Waals surface area contributed by atoms with Gasteiger partial charge in [0.05, 0.1) is 7.11 Å². The van der Waals surface area contributed by atoms with Gasteiger partial charge in [-0.3, -0.25) is 0 Å². The van der Waals surface area contributed by atoms with Crippen LogP contribution in [0.5, 0.6) is 5.75 Å². The van der Waals surface area contributed by atoms with Crippen LogP contribution in [0.15, 0.2) is 12.1 Å². The Hall–Kier alpha value is -0.730. The van der Waals surface area contributed by atoms with Gasteiger partial charge in [0.25, 0.3) is 0 Å². The second kappa shape index (κ2) is 5.07. The monoisotopic (exact) mass is 241 g/mol. The molecule has 0 amide bonds. The van der Waals surface area contributed by atoms with E-state index in [1.54, 1.807) is 7.11 Å². The van der Waals surface area contributed by atoms with E-state index in [0.29, 0.717) is 0 Å². The third-order valence-corrected chi connectivity index (χ3v) is 2.78. The maximum Gasteiger partial charge on any atom is 0.123 e. The molecule has 0 aliphatic rings. The van der Waals surface area contributed by atoms with Crippen LogP contribution in [-0.2, 0) is 12.8 Å². The van der Waals surface area contributed by atoms with Crippen LogP contribution >= 0.6 is 11.6 Å². The van der Waals surface area contributed by atoms with E-state index >= 15 is 0 Å². The first-order valence-corrected chi connectivity index (χ1v) is 5.89. The lowest BCUT2D eigenvalue weighted by Gasteiger charge is -2.20. The van der Waals surface area contributed by atoms with Crippen molar-refractivity contribution in [2.24, 2.45) is 5.73 Å². The van der Waals surface area contributed by atoms with Gasteiger partial charge in [0.1, 0.15) is 5.75 Å². The molecule has 16 heavy (non-hydrogen) atoms. The van der Waals surface area contributed by atoms with Crippen LogP contribution in [0.1, 0.15) is 31.9 Å². The molecule has 0 saturated carbocycles. The Morgan fingerprint density at radius 1 is 1.38 bits per heavy atom. The Bertz CT molecular complexity index is 369. The third kappa shape index (κ3) is 3.39. The summed E-state index contributed by atoms with van der Waals surface area (Å²) in [5.41, 5.74) is 7.94. The zero-order valence-corrected chi connectivity index (χ0v) is 11.2. The smallest absolute Gasteiger partial charge is 0.123 e. The summed E-state index contributed by atoms with van der Waals surface area (Å²) in [6.45, 7) is 6.07. The van der Waals surface area contributed by atoms with Gasteiger partial charge in [0, 0.05) is 16.1 Å². The van der Waals surface area contributed by atoms with Crippen LogP contribution in [-0.4, -0.2) is 12.6 Å². The van der Waals surface area contributed by atoms with E-state index in [0.717, 1.165) is 34.7 Å². The Labute approximate surface area is 103 Å². The molecule has 0 radical (unpaired) electrons. The first-order valence-electron chi connectivity index (χ1n) is 5.51. The average Bonchev–Trinajstić information content (AvgIpc) is 2.14. The molecule has 0 unspecified atom stereocenters. The van der Waals surface area contributed by atoms with Gasteiger partial charge in [-0.05, 0) is 44.4 Å². The van der Waals surface area contributed by atoms with Crippen LogP contribution in [0.3, 0.4) is 0 Å². The molecule has 0 spiro atoms. The highest BCUT2D eigenvalue weighted by molar-refractivity contribution is 6.31. The topological polar surface area (TPSA) is 35.2 Å². The predicted octanol–water partition coefficient (Wildman–Crippen LogP) is 3.19. The molecule has 0 atom stereocenters. The summed E-state index contributed by atoms with van der Waals surface area (Å²) in [5.74, 6) is 0.856. The lowest BCUT2D eigenvalue weighted by molar-refractivity contribution is 0.409. The van der Waals surface area contributed by atoms with Gasteiger partial charge in [0.15, 0.2) is 0 Å². The lowest BCUT2D eigenvalue weighted by Crippen LogP contribution is -2.34. The van der Waals surface area contributed by atoms with Gasteiger partial charge in [-0.25, -0.2) is 0 Å². The molecule has 0 fully saturated rings. The van der Waals surface area contributed by atoms with Gasteiger partial charge in [-0.1, -0.05) is 18.5 Å². The average molecular weight is 242 g/mol. The highest BCUT2D eigenvalue weighted by Crippen LogP contribution is 2.30. The summed E-state index contributed by atoms with van der Waals surface area (Å²) in [6.07, 6.45) is 1.65. The first kappa shape index (κ1) is 13.3. The molecular formula is C13H20ClNO. The fourth-order valence-electron chi connectivity index (χ4n) is 1.82. The zero-order valence-electron chi connectivity index (χ0n) is 10.4. The summed E-state index contributed by atoms with van der Waals surface area (Å²) in [6, 6.07) is 4.01. The number of halogens is 1. The van der Waals surface area contributed by atoms with Crippen LogP contribution in [0.4, 0.5) is 0 Å². The van der Waals surface area contributed by atoms with E-state index < -0.39 is 0 Å². The standard InChI is InChI=1S/C13H20ClNO/c1-5-10-11(14)6-9(7-12(10)16-4)8-13(2,3)15/h6-7H,5,8,15H2,1-4H3. The largest absolute Gasteiger partial charge is 0.496 e. The molecule has 3 heteroatoms. The number of ether oxygens (including phenoxy) is 1. The van der Waals surface area contributed by atoms with Crippen LogP contribution in [0.25, 0.3) is 0 Å². The van der Waals surface area contributed by atoms with Gasteiger partial charge in [-0.2, -0.15) is 0 Å². The SMILES string of the molecule is CCc1c(Cl)cc(CC(C)(C)N)cc1OC. The van der Waals surface area contributed by atoms with E-state index in [9.17, 15) is 0 Å². The predicted molar refractivity (Wildman–Crippen MR) is 69.4 cm³/mol. The number of nitrogens with two attached hydrogens (primary N) is 1. The third-order valence-electron chi connectivity index (χ3n) is 2.45. The van der Waals surface area contributed by atoms with E-state index in [2.05, 4.69) is 6.92 Å². The molecule has 0 heterocycles. The van der Waals surface area contributed by atoms with Gasteiger partial charge in [0.2, 0.25) is 0 Å². The van der Waals surface area contributed by atoms with E-state index in [1.807, 2.05) is 26.0 Å². The molecule has 0 saturated heterocycles. The van der Waals surface area contributed by atoms with Crippen molar-refractivity contribution in [1.82, 2.24) is 0 Å². The summed E-state index contributed by atoms with van der Waals surface area (Å²) >= 11 is 6.22. The molecule has 0 aromatic heterocycles. The minimum atomic E-state index is -0.234. The van der Waals surface area contributed by atoms with Crippen LogP contribution in [0, 0.1) is 0 Å². The Morgan fingerprint density at radius 3 is 2.44 bits per heavy atom. The summed E-state index contributed by atoms with van der Waals surface area (Å²) in [4.78, 5) is 0. The summed E-state index contributed by atoms with van der Waals surface area (Å²) in [7, 11) is 1.67. The van der Waals surface area contributed by atoms with Crippen molar-refractivity contribution in [3.05, 3.63) is 28.3 Å². The Kier molecular flexibility index (Phi) is 4.22. The van der Waals surface area contributed by atoms with Crippen molar-refractivity contribution >= 4 is 11.6 Å². The Morgan fingerprint density at radius 2 is 2.00 bits per heavy atom. The summed E-state index contributed by atoms with van der Waals surface area (Å²) < 4.78 is 5.35. The highest BCUT2D eigenvalue weighted by Gasteiger charge is 2.15. The molecule has 1 aromatic rings. The summed E-state index contributed by atoms with van der Waals surface area (Å²) in [5, 5.41) is 0.765. The molecule has 2 nitrogen and oxygen atoms in total. The van der Waals surface area contributed by atoms with Gasteiger partial charge in [-0.15, -0.1) is 0 Å². The number of methoxy groups -OCH3 is 1. The molecule has 0 bridgehead atoms. The number of hydrogen-bond acceptors (Lipinski definition) is 2. The molecule has 90 valence electrons. The molecule has 1 aromatic carbocycles. The molecular weight excluding hydrogens is 222 g/mol. The van der Waals surface area contributed by atoms with E-state index in [4.69, 9.17) is 22.1 Å². The van der Waals surface area contributed by atoms with Crippen molar-refractivity contribution < 1.29 is 4.74 Å². The zero-order chi connectivity index (χ0) is 12.3. The number of benzene rings is 1. The number of hydrogen-bond donors (Lipinski definition) is 1. The minimum absolute atomic E-state index is 0.234. The van der Waals surface area contributed by atoms with Crippen LogP contribution in [0.2, 0.25) is 5.02 Å². The normalized spacial score (nSPS) is 11.6. The van der Waals surface area contributed by atoms with Crippen molar-refractivity contribution in [3.8, 4) is 5.75 Å². The molecule has 0 aliphatic carbocycles. The second-order valence-corrected chi connectivity index (χ2v) is 5.18. The van der Waals surface area contributed by atoms with Gasteiger partial charge >= 0.3 is 0 Å². The van der Waals surface area contributed by atoms with Crippen molar-refractivity contribution in [2.45, 2.75) is 39.2 Å². The maximum absolute atomic E-state index is 6.22. The molecule has 0 aliphatic heterocycles. The molecule has 1 rings (SSSR count). The highest BCUT2D eigenvalue weighted by atomic mass is 35.5. The van der Waals surface area contributed by atoms with E-state index in [-0.39, 0.29) is 5.54 Å². The fraction of sp³-hybridized carbons (Fsp3) is 0.538. The molecule has 2 N–H and O–H groups in total. The minimum Gasteiger partial charge on any atom is -0.496 e. The van der Waals surface area contributed by atoms with Gasteiger partial charge < -0.3 is 10.5 Å².